The molecule has 6 nitrogen and oxygen atoms in total. The van der Waals surface area contributed by atoms with Gasteiger partial charge in [0.25, 0.3) is 0 Å². The van der Waals surface area contributed by atoms with Crippen molar-refractivity contribution in [2.45, 2.75) is 51.7 Å². The molecule has 1 saturated carbocycles. The molecular weight excluding hydrogens is 386 g/mol. The molecule has 1 aliphatic carbocycles. The number of halogens is 1. The van der Waals surface area contributed by atoms with E-state index in [4.69, 9.17) is 9.84 Å². The number of carbonyl (C=O) groups is 1. The van der Waals surface area contributed by atoms with E-state index in [-0.39, 0.29) is 11.8 Å². The van der Waals surface area contributed by atoms with Gasteiger partial charge in [-0.05, 0) is 66.9 Å². The number of carboxylic acids is 1. The first kappa shape index (κ1) is 17.9. The van der Waals surface area contributed by atoms with Crippen molar-refractivity contribution in [3.8, 4) is 5.88 Å². The summed E-state index contributed by atoms with van der Waals surface area (Å²) < 4.78 is 8.29. The van der Waals surface area contributed by atoms with Gasteiger partial charge in [0.1, 0.15) is 6.10 Å². The SMILES string of the molecule is Cc1cccnc1O[C@H]1CC[C@@H](CCn2cc(Br)c(C(=O)O)n2)CC1. The lowest BCUT2D eigenvalue weighted by Crippen LogP contribution is -2.25. The van der Waals surface area contributed by atoms with Crippen LogP contribution < -0.4 is 4.74 Å². The molecule has 0 saturated heterocycles. The van der Waals surface area contributed by atoms with E-state index in [0.717, 1.165) is 50.1 Å². The zero-order valence-corrected chi connectivity index (χ0v) is 15.8. The molecule has 0 atom stereocenters. The second kappa shape index (κ2) is 7.99. The van der Waals surface area contributed by atoms with Crippen LogP contribution in [0.4, 0.5) is 0 Å². The van der Waals surface area contributed by atoms with E-state index in [0.29, 0.717) is 10.4 Å². The van der Waals surface area contributed by atoms with Crippen LogP contribution in [0.5, 0.6) is 5.88 Å². The molecule has 0 aliphatic heterocycles. The lowest BCUT2D eigenvalue weighted by molar-refractivity contribution is 0.0688. The summed E-state index contributed by atoms with van der Waals surface area (Å²) in [6.45, 7) is 2.75. The first-order chi connectivity index (χ1) is 12.0. The maximum absolute atomic E-state index is 11.0. The quantitative estimate of drug-likeness (QED) is 0.780. The molecule has 134 valence electrons. The van der Waals surface area contributed by atoms with Gasteiger partial charge in [-0.3, -0.25) is 4.68 Å². The molecule has 0 amide bonds. The van der Waals surface area contributed by atoms with Gasteiger partial charge in [-0.1, -0.05) is 6.07 Å². The van der Waals surface area contributed by atoms with E-state index < -0.39 is 5.97 Å². The van der Waals surface area contributed by atoms with Gasteiger partial charge in [-0.25, -0.2) is 9.78 Å². The van der Waals surface area contributed by atoms with Gasteiger partial charge in [0.15, 0.2) is 5.69 Å². The monoisotopic (exact) mass is 407 g/mol. The van der Waals surface area contributed by atoms with Crippen LogP contribution >= 0.6 is 15.9 Å². The smallest absolute Gasteiger partial charge is 0.357 e. The highest BCUT2D eigenvalue weighted by Gasteiger charge is 2.23. The van der Waals surface area contributed by atoms with Gasteiger partial charge < -0.3 is 9.84 Å². The number of aryl methyl sites for hydroxylation is 2. The zero-order chi connectivity index (χ0) is 17.8. The minimum absolute atomic E-state index is 0.0721. The van der Waals surface area contributed by atoms with Gasteiger partial charge in [0.2, 0.25) is 5.88 Å². The number of ether oxygens (including phenoxy) is 1. The molecule has 3 rings (SSSR count). The Hall–Kier alpha value is -1.89. The minimum Gasteiger partial charge on any atom is -0.476 e. The van der Waals surface area contributed by atoms with Crippen molar-refractivity contribution in [3.05, 3.63) is 40.3 Å². The topological polar surface area (TPSA) is 77.2 Å². The van der Waals surface area contributed by atoms with E-state index in [1.54, 1.807) is 17.1 Å². The van der Waals surface area contributed by atoms with Crippen LogP contribution in [0, 0.1) is 12.8 Å². The van der Waals surface area contributed by atoms with Gasteiger partial charge in [0, 0.05) is 24.5 Å². The lowest BCUT2D eigenvalue weighted by atomic mass is 9.85. The van der Waals surface area contributed by atoms with Crippen LogP contribution in [0.15, 0.2) is 29.0 Å². The molecule has 1 aliphatic rings. The van der Waals surface area contributed by atoms with Crippen molar-refractivity contribution >= 4 is 21.9 Å². The highest BCUT2D eigenvalue weighted by Crippen LogP contribution is 2.30. The number of carboxylic acid groups (broad SMARTS) is 1. The summed E-state index contributed by atoms with van der Waals surface area (Å²) in [5.41, 5.74) is 1.14. The first-order valence-corrected chi connectivity index (χ1v) is 9.36. The largest absolute Gasteiger partial charge is 0.476 e. The van der Waals surface area contributed by atoms with Crippen LogP contribution in [0.25, 0.3) is 0 Å². The Morgan fingerprint density at radius 1 is 1.40 bits per heavy atom. The maximum Gasteiger partial charge on any atom is 0.357 e. The normalized spacial score (nSPS) is 20.4. The molecule has 2 aromatic heterocycles. The highest BCUT2D eigenvalue weighted by atomic mass is 79.9. The fourth-order valence-electron chi connectivity index (χ4n) is 3.26. The third-order valence-corrected chi connectivity index (χ3v) is 5.30. The Morgan fingerprint density at radius 2 is 2.16 bits per heavy atom. The third-order valence-electron chi connectivity index (χ3n) is 4.72. The molecule has 1 N–H and O–H groups in total. The van der Waals surface area contributed by atoms with E-state index >= 15 is 0 Å². The van der Waals surface area contributed by atoms with Crippen LogP contribution in [0.3, 0.4) is 0 Å². The molecule has 0 spiro atoms. The highest BCUT2D eigenvalue weighted by molar-refractivity contribution is 9.10. The number of aromatic nitrogens is 3. The van der Waals surface area contributed by atoms with Crippen LogP contribution in [-0.2, 0) is 6.54 Å². The number of hydrogen-bond donors (Lipinski definition) is 1. The van der Waals surface area contributed by atoms with Crippen molar-refractivity contribution in [2.75, 3.05) is 0 Å². The van der Waals surface area contributed by atoms with Crippen molar-refractivity contribution in [1.82, 2.24) is 14.8 Å². The van der Waals surface area contributed by atoms with Crippen LogP contribution in [0.1, 0.15) is 48.2 Å². The number of rotatable bonds is 6. The van der Waals surface area contributed by atoms with Crippen molar-refractivity contribution < 1.29 is 14.6 Å². The maximum atomic E-state index is 11.0. The molecule has 1 fully saturated rings. The summed E-state index contributed by atoms with van der Waals surface area (Å²) in [7, 11) is 0. The molecular formula is C18H22BrN3O3. The summed E-state index contributed by atoms with van der Waals surface area (Å²) in [6.07, 6.45) is 9.04. The summed E-state index contributed by atoms with van der Waals surface area (Å²) in [5.74, 6) is 0.363. The average molecular weight is 408 g/mol. The Kier molecular flexibility index (Phi) is 5.73. The summed E-state index contributed by atoms with van der Waals surface area (Å²) >= 11 is 3.24. The Bertz CT molecular complexity index is 739. The predicted octanol–water partition coefficient (Wildman–Crippen LogP) is 4.08. The number of hydrogen-bond acceptors (Lipinski definition) is 4. The van der Waals surface area contributed by atoms with Crippen LogP contribution in [0.2, 0.25) is 0 Å². The predicted molar refractivity (Wildman–Crippen MR) is 96.9 cm³/mol. The molecule has 7 heteroatoms. The van der Waals surface area contributed by atoms with Gasteiger partial charge in [0.05, 0.1) is 4.47 Å². The average Bonchev–Trinajstić information content (AvgIpc) is 2.97. The Morgan fingerprint density at radius 3 is 2.80 bits per heavy atom. The van der Waals surface area contributed by atoms with E-state index in [9.17, 15) is 4.79 Å². The standard InChI is InChI=1S/C18H22BrN3O3/c1-12-3-2-9-20-17(12)25-14-6-4-13(5-7-14)8-10-22-11-15(19)16(21-22)18(23)24/h2-3,9,11,13-14H,4-8,10H2,1H3,(H,23,24)/t13-,14+. The molecule has 25 heavy (non-hydrogen) atoms. The second-order valence-corrected chi connectivity index (χ2v) is 7.42. The fraction of sp³-hybridized carbons (Fsp3) is 0.500. The minimum atomic E-state index is -1.01. The third kappa shape index (κ3) is 4.60. The fourth-order valence-corrected chi connectivity index (χ4v) is 3.75. The molecule has 0 unspecified atom stereocenters. The number of aromatic carboxylic acids is 1. The molecule has 2 aromatic rings. The molecule has 0 radical (unpaired) electrons. The Balaban J connectivity index is 1.46. The molecule has 0 aromatic carbocycles. The number of pyridine rings is 1. The number of nitrogens with zero attached hydrogens (tertiary/aromatic N) is 3. The van der Waals surface area contributed by atoms with Gasteiger partial charge in [-0.2, -0.15) is 5.10 Å². The first-order valence-electron chi connectivity index (χ1n) is 8.57. The van der Waals surface area contributed by atoms with Crippen molar-refractivity contribution in [3.63, 3.8) is 0 Å². The second-order valence-electron chi connectivity index (χ2n) is 6.57. The zero-order valence-electron chi connectivity index (χ0n) is 14.2. The van der Waals surface area contributed by atoms with E-state index in [1.807, 2.05) is 19.1 Å². The summed E-state index contributed by atoms with van der Waals surface area (Å²) in [4.78, 5) is 15.3. The lowest BCUT2D eigenvalue weighted by Gasteiger charge is -2.29. The van der Waals surface area contributed by atoms with E-state index in [2.05, 4.69) is 26.0 Å². The molecule has 2 heterocycles. The van der Waals surface area contributed by atoms with Crippen molar-refractivity contribution in [2.24, 2.45) is 5.92 Å². The summed E-state index contributed by atoms with van der Waals surface area (Å²) in [6, 6.07) is 3.93. The molecule has 0 bridgehead atoms. The Labute approximate surface area is 155 Å². The van der Waals surface area contributed by atoms with Crippen molar-refractivity contribution in [1.29, 1.82) is 0 Å². The van der Waals surface area contributed by atoms with Gasteiger partial charge >= 0.3 is 5.97 Å². The van der Waals surface area contributed by atoms with Gasteiger partial charge in [-0.15, -0.1) is 0 Å². The van der Waals surface area contributed by atoms with Crippen LogP contribution in [-0.4, -0.2) is 31.9 Å². The summed E-state index contributed by atoms with van der Waals surface area (Å²) in [5, 5.41) is 13.2. The van der Waals surface area contributed by atoms with E-state index in [1.165, 1.54) is 0 Å².